The highest BCUT2D eigenvalue weighted by atomic mass is 31.2. The third-order valence-corrected chi connectivity index (χ3v) is 8.14. The van der Waals surface area contributed by atoms with Gasteiger partial charge in [0.1, 0.15) is 13.2 Å². The highest BCUT2D eigenvalue weighted by Gasteiger charge is 2.63. The number of ether oxygens (including phenoxy) is 2. The minimum Gasteiger partial charge on any atom is -0.459 e. The van der Waals surface area contributed by atoms with Crippen molar-refractivity contribution in [1.82, 2.24) is 0 Å². The SMILES string of the molecule is CCCCP(=O)(O)C(C(=O)OCc1ccccc1)(C(=O)OCc1ccccc1)c1ccccc1. The normalized spacial score (nSPS) is 13.0. The van der Waals surface area contributed by atoms with E-state index in [2.05, 4.69) is 0 Å². The molecule has 7 heteroatoms. The Morgan fingerprint density at radius 1 is 0.765 bits per heavy atom. The second kappa shape index (κ2) is 11.8. The summed E-state index contributed by atoms with van der Waals surface area (Å²) in [6, 6.07) is 25.8. The molecule has 0 aliphatic heterocycles. The summed E-state index contributed by atoms with van der Waals surface area (Å²) in [6.07, 6.45) is 0.757. The Hall–Kier alpha value is -3.21. The van der Waals surface area contributed by atoms with Gasteiger partial charge in [-0.2, -0.15) is 0 Å². The fraction of sp³-hybridized carbons (Fsp3) is 0.259. The predicted octanol–water partition coefficient (Wildman–Crippen LogP) is 5.44. The van der Waals surface area contributed by atoms with Gasteiger partial charge in [0.2, 0.25) is 7.37 Å². The Balaban J connectivity index is 2.04. The molecule has 0 spiro atoms. The lowest BCUT2D eigenvalue weighted by atomic mass is 9.98. The van der Waals surface area contributed by atoms with Gasteiger partial charge in [0.05, 0.1) is 0 Å². The van der Waals surface area contributed by atoms with Crippen LogP contribution in [0.5, 0.6) is 0 Å². The lowest BCUT2D eigenvalue weighted by Gasteiger charge is -2.33. The van der Waals surface area contributed by atoms with Gasteiger partial charge in [0.15, 0.2) is 0 Å². The van der Waals surface area contributed by atoms with E-state index in [1.54, 1.807) is 66.7 Å². The molecule has 0 aromatic heterocycles. The molecule has 3 rings (SSSR count). The Labute approximate surface area is 200 Å². The smallest absolute Gasteiger partial charge is 0.338 e. The van der Waals surface area contributed by atoms with Gasteiger partial charge in [-0.3, -0.25) is 4.57 Å². The van der Waals surface area contributed by atoms with E-state index < -0.39 is 24.5 Å². The van der Waals surface area contributed by atoms with Gasteiger partial charge in [-0.15, -0.1) is 0 Å². The van der Waals surface area contributed by atoms with Crippen LogP contribution in [0.4, 0.5) is 0 Å². The largest absolute Gasteiger partial charge is 0.459 e. The third kappa shape index (κ3) is 5.64. The number of hydrogen-bond acceptors (Lipinski definition) is 5. The molecule has 0 fully saturated rings. The van der Waals surface area contributed by atoms with Crippen molar-refractivity contribution in [3.8, 4) is 0 Å². The van der Waals surface area contributed by atoms with E-state index in [4.69, 9.17) is 9.47 Å². The standard InChI is InChI=1S/C27H29O6P/c1-2-3-19-34(30,31)27(24-17-11-6-12-18-24,25(28)32-20-22-13-7-4-8-14-22)26(29)33-21-23-15-9-5-10-16-23/h4-18H,2-3,19-21H2,1H3,(H,30,31). The van der Waals surface area contributed by atoms with Gasteiger partial charge < -0.3 is 14.4 Å². The summed E-state index contributed by atoms with van der Waals surface area (Å²) in [4.78, 5) is 38.6. The fourth-order valence-electron chi connectivity index (χ4n) is 3.68. The monoisotopic (exact) mass is 480 g/mol. The molecule has 3 aromatic rings. The van der Waals surface area contributed by atoms with Crippen molar-refractivity contribution in [2.24, 2.45) is 0 Å². The lowest BCUT2D eigenvalue weighted by molar-refractivity contribution is -0.162. The second-order valence-corrected chi connectivity index (χ2v) is 10.5. The zero-order valence-corrected chi connectivity index (χ0v) is 20.0. The Morgan fingerprint density at radius 3 is 1.59 bits per heavy atom. The number of benzene rings is 3. The molecule has 0 radical (unpaired) electrons. The van der Waals surface area contributed by atoms with Crippen LogP contribution in [-0.2, 0) is 42.0 Å². The number of esters is 2. The van der Waals surface area contributed by atoms with Crippen LogP contribution in [0.1, 0.15) is 36.5 Å². The maximum absolute atomic E-state index is 13.9. The molecule has 0 saturated carbocycles. The number of carbonyl (C=O) groups excluding carboxylic acids is 2. The predicted molar refractivity (Wildman–Crippen MR) is 130 cm³/mol. The van der Waals surface area contributed by atoms with Crippen LogP contribution in [0.3, 0.4) is 0 Å². The first kappa shape index (κ1) is 25.4. The van der Waals surface area contributed by atoms with Crippen LogP contribution in [0.15, 0.2) is 91.0 Å². The van der Waals surface area contributed by atoms with Crippen molar-refractivity contribution in [3.63, 3.8) is 0 Å². The maximum atomic E-state index is 13.9. The zero-order valence-electron chi connectivity index (χ0n) is 19.1. The molecule has 0 saturated heterocycles. The first-order valence-corrected chi connectivity index (χ1v) is 13.1. The Kier molecular flexibility index (Phi) is 8.80. The van der Waals surface area contributed by atoms with Crippen LogP contribution >= 0.6 is 7.37 Å². The van der Waals surface area contributed by atoms with Crippen molar-refractivity contribution in [2.45, 2.75) is 38.1 Å². The highest BCUT2D eigenvalue weighted by Crippen LogP contribution is 2.62. The molecule has 1 N–H and O–H groups in total. The average molecular weight is 480 g/mol. The van der Waals surface area contributed by atoms with Crippen molar-refractivity contribution >= 4 is 19.3 Å². The molecule has 34 heavy (non-hydrogen) atoms. The number of hydrogen-bond donors (Lipinski definition) is 1. The van der Waals surface area contributed by atoms with E-state index in [0.29, 0.717) is 24.0 Å². The minimum absolute atomic E-state index is 0.0769. The topological polar surface area (TPSA) is 89.9 Å². The molecular weight excluding hydrogens is 451 g/mol. The highest BCUT2D eigenvalue weighted by molar-refractivity contribution is 7.61. The summed E-state index contributed by atoms with van der Waals surface area (Å²) in [6.45, 7) is 1.58. The summed E-state index contributed by atoms with van der Waals surface area (Å²) in [5.41, 5.74) is 1.46. The molecule has 1 atom stereocenters. The molecule has 6 nitrogen and oxygen atoms in total. The molecule has 0 aliphatic carbocycles. The molecular formula is C27H29O6P. The van der Waals surface area contributed by atoms with E-state index in [9.17, 15) is 19.0 Å². The summed E-state index contributed by atoms with van der Waals surface area (Å²) in [5, 5.41) is -2.49. The van der Waals surface area contributed by atoms with Gasteiger partial charge in [-0.25, -0.2) is 9.59 Å². The summed E-state index contributed by atoms with van der Waals surface area (Å²) >= 11 is 0. The van der Waals surface area contributed by atoms with Crippen LogP contribution in [-0.4, -0.2) is 23.0 Å². The maximum Gasteiger partial charge on any atom is 0.338 e. The number of unbranched alkanes of at least 4 members (excludes halogenated alkanes) is 1. The fourth-order valence-corrected chi connectivity index (χ4v) is 6.01. The first-order valence-electron chi connectivity index (χ1n) is 11.2. The second-order valence-electron chi connectivity index (χ2n) is 7.98. The van der Waals surface area contributed by atoms with Crippen LogP contribution < -0.4 is 0 Å². The van der Waals surface area contributed by atoms with E-state index in [-0.39, 0.29) is 24.9 Å². The van der Waals surface area contributed by atoms with E-state index in [1.165, 1.54) is 12.1 Å². The van der Waals surface area contributed by atoms with Gasteiger partial charge in [-0.05, 0) is 23.1 Å². The Bertz CT molecular complexity index is 1060. The number of carbonyl (C=O) groups is 2. The van der Waals surface area contributed by atoms with Crippen LogP contribution in [0.25, 0.3) is 0 Å². The molecule has 0 heterocycles. The molecule has 178 valence electrons. The van der Waals surface area contributed by atoms with E-state index in [0.717, 1.165) is 0 Å². The molecule has 1 unspecified atom stereocenters. The summed E-state index contributed by atoms with van der Waals surface area (Å²) in [5.74, 6) is -2.19. The van der Waals surface area contributed by atoms with Crippen molar-refractivity contribution in [3.05, 3.63) is 108 Å². The van der Waals surface area contributed by atoms with Crippen LogP contribution in [0.2, 0.25) is 0 Å². The van der Waals surface area contributed by atoms with Gasteiger partial charge in [0, 0.05) is 6.16 Å². The van der Waals surface area contributed by atoms with Gasteiger partial charge >= 0.3 is 11.9 Å². The van der Waals surface area contributed by atoms with Crippen LogP contribution in [0, 0.1) is 0 Å². The third-order valence-electron chi connectivity index (χ3n) is 5.55. The van der Waals surface area contributed by atoms with E-state index in [1.807, 2.05) is 19.1 Å². The quantitative estimate of drug-likeness (QED) is 0.223. The van der Waals surface area contributed by atoms with Crippen molar-refractivity contribution in [2.75, 3.05) is 6.16 Å². The molecule has 0 bridgehead atoms. The molecule has 0 aliphatic rings. The molecule has 3 aromatic carbocycles. The summed E-state index contributed by atoms with van der Waals surface area (Å²) in [7, 11) is -4.48. The lowest BCUT2D eigenvalue weighted by Crippen LogP contribution is -2.46. The van der Waals surface area contributed by atoms with Crippen molar-refractivity contribution < 1.29 is 28.5 Å². The summed E-state index contributed by atoms with van der Waals surface area (Å²) < 4.78 is 24.9. The minimum atomic E-state index is -4.48. The number of rotatable bonds is 11. The van der Waals surface area contributed by atoms with E-state index >= 15 is 0 Å². The zero-order chi connectivity index (χ0) is 24.4. The molecule has 0 amide bonds. The van der Waals surface area contributed by atoms with Crippen molar-refractivity contribution in [1.29, 1.82) is 0 Å². The first-order chi connectivity index (χ1) is 16.4. The van der Waals surface area contributed by atoms with Gasteiger partial charge in [-0.1, -0.05) is 104 Å². The Morgan fingerprint density at radius 2 is 1.18 bits per heavy atom. The average Bonchev–Trinajstić information content (AvgIpc) is 2.87. The van der Waals surface area contributed by atoms with Gasteiger partial charge in [0.25, 0.3) is 5.16 Å².